The molecule has 1 N–H and O–H groups in total. The summed E-state index contributed by atoms with van der Waals surface area (Å²) in [7, 11) is 0. The fourth-order valence-corrected chi connectivity index (χ4v) is 4.85. The van der Waals surface area contributed by atoms with E-state index in [1.807, 2.05) is 6.07 Å². The third kappa shape index (κ3) is 2.88. The van der Waals surface area contributed by atoms with Crippen LogP contribution in [-0.4, -0.2) is 50.3 Å². The quantitative estimate of drug-likeness (QED) is 0.669. The summed E-state index contributed by atoms with van der Waals surface area (Å²) in [5, 5.41) is 1.00. The first-order chi connectivity index (χ1) is 14.5. The predicted octanol–water partition coefficient (Wildman–Crippen LogP) is 4.12. The van der Waals surface area contributed by atoms with E-state index in [4.69, 9.17) is 4.74 Å². The standard InChI is InChI=1S/C25H27N3O2/c1-25(2)20-15-17(28-10-12-30-13-11-28)5-7-18(20)23(29)22-19-6-4-16(8-9-26-3)14-21(19)27-24(22)25/h4-7,14-15,27H,3,8-13H2,1-2H3. The first-order valence-corrected chi connectivity index (χ1v) is 10.6. The SMILES string of the molecule is C=NCCc1ccc2c3c([nH]c2c1)C(C)(C)c1cc(N2CCOCC2)ccc1C3=O. The van der Waals surface area contributed by atoms with Crippen molar-refractivity contribution in [2.75, 3.05) is 37.7 Å². The highest BCUT2D eigenvalue weighted by Gasteiger charge is 2.40. The summed E-state index contributed by atoms with van der Waals surface area (Å²) in [6, 6.07) is 12.6. The summed E-state index contributed by atoms with van der Waals surface area (Å²) >= 11 is 0. The second kappa shape index (κ2) is 7.10. The lowest BCUT2D eigenvalue weighted by molar-refractivity contribution is 0.103. The van der Waals surface area contributed by atoms with Crippen molar-refractivity contribution in [1.29, 1.82) is 0 Å². The van der Waals surface area contributed by atoms with E-state index in [0.717, 1.165) is 71.7 Å². The van der Waals surface area contributed by atoms with Gasteiger partial charge in [0.2, 0.25) is 0 Å². The number of rotatable bonds is 4. The van der Waals surface area contributed by atoms with Gasteiger partial charge in [0.1, 0.15) is 0 Å². The van der Waals surface area contributed by atoms with Crippen molar-refractivity contribution >= 4 is 29.1 Å². The number of fused-ring (bicyclic) bond motifs is 4. The van der Waals surface area contributed by atoms with Crippen LogP contribution in [0.3, 0.4) is 0 Å². The minimum atomic E-state index is -0.289. The molecule has 1 aliphatic heterocycles. The number of H-pyrrole nitrogens is 1. The van der Waals surface area contributed by atoms with E-state index in [-0.39, 0.29) is 11.2 Å². The van der Waals surface area contributed by atoms with Gasteiger partial charge in [-0.1, -0.05) is 26.0 Å². The number of aromatic amines is 1. The van der Waals surface area contributed by atoms with Crippen molar-refractivity contribution in [3.63, 3.8) is 0 Å². The van der Waals surface area contributed by atoms with Gasteiger partial charge in [0, 0.05) is 52.9 Å². The molecule has 1 fully saturated rings. The van der Waals surface area contributed by atoms with Crippen LogP contribution in [0.2, 0.25) is 0 Å². The lowest BCUT2D eigenvalue weighted by Gasteiger charge is -2.35. The Labute approximate surface area is 176 Å². The highest BCUT2D eigenvalue weighted by atomic mass is 16.5. The largest absolute Gasteiger partial charge is 0.378 e. The molecule has 5 nitrogen and oxygen atoms in total. The highest BCUT2D eigenvalue weighted by molar-refractivity contribution is 6.20. The van der Waals surface area contributed by atoms with Gasteiger partial charge in [-0.3, -0.25) is 4.79 Å². The van der Waals surface area contributed by atoms with Gasteiger partial charge in [-0.05, 0) is 48.5 Å². The number of carbonyl (C=O) groups excluding carboxylic acids is 1. The Balaban J connectivity index is 1.62. The number of nitrogens with one attached hydrogen (secondary N) is 1. The first kappa shape index (κ1) is 19.1. The maximum absolute atomic E-state index is 13.5. The average molecular weight is 402 g/mol. The molecule has 1 saturated heterocycles. The molecule has 2 aromatic carbocycles. The molecule has 2 heterocycles. The van der Waals surface area contributed by atoms with Crippen LogP contribution in [0.25, 0.3) is 10.9 Å². The summed E-state index contributed by atoms with van der Waals surface area (Å²) in [5.41, 5.74) is 6.81. The minimum Gasteiger partial charge on any atom is -0.378 e. The molecule has 5 rings (SSSR count). The van der Waals surface area contributed by atoms with Gasteiger partial charge in [-0.25, -0.2) is 0 Å². The molecule has 5 heteroatoms. The van der Waals surface area contributed by atoms with Gasteiger partial charge in [0.15, 0.2) is 5.78 Å². The number of aliphatic imine (C=N–C) groups is 1. The van der Waals surface area contributed by atoms with E-state index in [2.05, 4.69) is 65.8 Å². The molecule has 3 aromatic rings. The van der Waals surface area contributed by atoms with Gasteiger partial charge >= 0.3 is 0 Å². The third-order valence-corrected chi connectivity index (χ3v) is 6.57. The van der Waals surface area contributed by atoms with Crippen molar-refractivity contribution in [2.45, 2.75) is 25.7 Å². The number of anilines is 1. The second-order valence-electron chi connectivity index (χ2n) is 8.74. The number of hydrogen-bond donors (Lipinski definition) is 1. The number of benzene rings is 2. The maximum Gasteiger partial charge on any atom is 0.195 e. The Morgan fingerprint density at radius 1 is 1.17 bits per heavy atom. The molecule has 0 radical (unpaired) electrons. The van der Waals surface area contributed by atoms with Crippen molar-refractivity contribution in [2.24, 2.45) is 4.99 Å². The van der Waals surface area contributed by atoms with E-state index in [9.17, 15) is 4.79 Å². The van der Waals surface area contributed by atoms with Crippen molar-refractivity contribution in [3.8, 4) is 0 Å². The summed E-state index contributed by atoms with van der Waals surface area (Å²) in [5.74, 6) is 0.111. The van der Waals surface area contributed by atoms with E-state index in [1.165, 1.54) is 5.56 Å². The van der Waals surface area contributed by atoms with Gasteiger partial charge < -0.3 is 19.6 Å². The molecule has 0 saturated carbocycles. The number of morpholine rings is 1. The smallest absolute Gasteiger partial charge is 0.195 e. The zero-order valence-corrected chi connectivity index (χ0v) is 17.6. The number of aromatic nitrogens is 1. The fraction of sp³-hybridized carbons (Fsp3) is 0.360. The van der Waals surface area contributed by atoms with Crippen LogP contribution >= 0.6 is 0 Å². The second-order valence-corrected chi connectivity index (χ2v) is 8.74. The lowest BCUT2D eigenvalue weighted by Crippen LogP contribution is -2.37. The zero-order chi connectivity index (χ0) is 20.9. The fourth-order valence-electron chi connectivity index (χ4n) is 4.85. The van der Waals surface area contributed by atoms with E-state index < -0.39 is 0 Å². The Morgan fingerprint density at radius 3 is 2.73 bits per heavy atom. The Hall–Kier alpha value is -2.92. The monoisotopic (exact) mass is 401 g/mol. The molecule has 1 aromatic heterocycles. The van der Waals surface area contributed by atoms with E-state index in [1.54, 1.807) is 0 Å². The average Bonchev–Trinajstić information content (AvgIpc) is 3.17. The first-order valence-electron chi connectivity index (χ1n) is 10.6. The van der Waals surface area contributed by atoms with Gasteiger partial charge in [-0.2, -0.15) is 0 Å². The summed E-state index contributed by atoms with van der Waals surface area (Å²) in [6.45, 7) is 11.9. The highest BCUT2D eigenvalue weighted by Crippen LogP contribution is 2.44. The number of ether oxygens (including phenoxy) is 1. The molecule has 1 aliphatic carbocycles. The normalized spacial score (nSPS) is 17.7. The Bertz CT molecular complexity index is 1150. The van der Waals surface area contributed by atoms with E-state index in [0.29, 0.717) is 6.54 Å². The van der Waals surface area contributed by atoms with Crippen LogP contribution in [0.15, 0.2) is 41.4 Å². The van der Waals surface area contributed by atoms with E-state index >= 15 is 0 Å². The number of carbonyl (C=O) groups is 1. The molecule has 2 aliphatic rings. The molecular formula is C25H27N3O2. The molecular weight excluding hydrogens is 374 g/mol. The Kier molecular flexibility index (Phi) is 4.51. The minimum absolute atomic E-state index is 0.111. The zero-order valence-electron chi connectivity index (χ0n) is 17.6. The predicted molar refractivity (Wildman–Crippen MR) is 121 cm³/mol. The molecule has 0 spiro atoms. The maximum atomic E-state index is 13.5. The van der Waals surface area contributed by atoms with Crippen LogP contribution < -0.4 is 4.90 Å². The molecule has 30 heavy (non-hydrogen) atoms. The van der Waals surface area contributed by atoms with Crippen LogP contribution in [-0.2, 0) is 16.6 Å². The molecule has 0 amide bonds. The van der Waals surface area contributed by atoms with Crippen molar-refractivity contribution in [1.82, 2.24) is 4.98 Å². The molecule has 154 valence electrons. The third-order valence-electron chi connectivity index (χ3n) is 6.57. The molecule has 0 bridgehead atoms. The van der Waals surface area contributed by atoms with Crippen LogP contribution in [0, 0.1) is 0 Å². The number of hydrogen-bond acceptors (Lipinski definition) is 4. The summed E-state index contributed by atoms with van der Waals surface area (Å²) < 4.78 is 5.50. The van der Waals surface area contributed by atoms with Gasteiger partial charge in [0.05, 0.1) is 18.8 Å². The van der Waals surface area contributed by atoms with Gasteiger partial charge in [0.25, 0.3) is 0 Å². The topological polar surface area (TPSA) is 57.7 Å². The van der Waals surface area contributed by atoms with Crippen molar-refractivity contribution < 1.29 is 9.53 Å². The molecule has 0 atom stereocenters. The number of ketones is 1. The van der Waals surface area contributed by atoms with Crippen LogP contribution in [0.4, 0.5) is 5.69 Å². The summed E-state index contributed by atoms with van der Waals surface area (Å²) in [6.07, 6.45) is 0.851. The van der Waals surface area contributed by atoms with Crippen LogP contribution in [0.5, 0.6) is 0 Å². The summed E-state index contributed by atoms with van der Waals surface area (Å²) in [4.78, 5) is 23.4. The Morgan fingerprint density at radius 2 is 1.97 bits per heavy atom. The van der Waals surface area contributed by atoms with Crippen molar-refractivity contribution in [3.05, 3.63) is 64.3 Å². The van der Waals surface area contributed by atoms with Gasteiger partial charge in [-0.15, -0.1) is 0 Å². The number of nitrogens with zero attached hydrogens (tertiary/aromatic N) is 2. The lowest BCUT2D eigenvalue weighted by atomic mass is 9.71. The molecule has 0 unspecified atom stereocenters. The van der Waals surface area contributed by atoms with Crippen LogP contribution in [0.1, 0.15) is 46.6 Å².